The lowest BCUT2D eigenvalue weighted by molar-refractivity contribution is -0.143. The van der Waals surface area contributed by atoms with E-state index >= 15 is 0 Å². The first-order chi connectivity index (χ1) is 14.7. The summed E-state index contributed by atoms with van der Waals surface area (Å²) in [6.45, 7) is 10.1. The van der Waals surface area contributed by atoms with Crippen molar-refractivity contribution in [1.29, 1.82) is 0 Å². The molecule has 0 saturated heterocycles. The summed E-state index contributed by atoms with van der Waals surface area (Å²) >= 11 is 6.00. The molecule has 0 fully saturated rings. The van der Waals surface area contributed by atoms with Crippen LogP contribution in [0.4, 0.5) is 0 Å². The summed E-state index contributed by atoms with van der Waals surface area (Å²) < 4.78 is 5.77. The SMILES string of the molecule is CC[C@@H](C)NC(=O)[C@H](CC)N(Cc1ccc(Cl)cc1)C(=O)COc1ccc(C)c(C)c1. The van der Waals surface area contributed by atoms with Crippen LogP contribution in [0.2, 0.25) is 5.02 Å². The summed E-state index contributed by atoms with van der Waals surface area (Å²) in [7, 11) is 0. The Bertz CT molecular complexity index is 883. The first kappa shape index (κ1) is 24.7. The monoisotopic (exact) mass is 444 g/mol. The molecule has 2 atom stereocenters. The van der Waals surface area contributed by atoms with Crippen LogP contribution in [0.5, 0.6) is 5.75 Å². The number of nitrogens with zero attached hydrogens (tertiary/aromatic N) is 1. The highest BCUT2D eigenvalue weighted by molar-refractivity contribution is 6.30. The number of hydrogen-bond acceptors (Lipinski definition) is 3. The van der Waals surface area contributed by atoms with Gasteiger partial charge in [0.15, 0.2) is 6.61 Å². The number of carbonyl (C=O) groups is 2. The zero-order chi connectivity index (χ0) is 23.0. The number of carbonyl (C=O) groups excluding carboxylic acids is 2. The minimum absolute atomic E-state index is 0.0424. The van der Waals surface area contributed by atoms with Crippen molar-refractivity contribution >= 4 is 23.4 Å². The molecule has 6 heteroatoms. The second-order valence-electron chi connectivity index (χ2n) is 7.92. The second kappa shape index (κ2) is 11.8. The molecule has 2 aromatic rings. The molecule has 168 valence electrons. The fourth-order valence-corrected chi connectivity index (χ4v) is 3.30. The van der Waals surface area contributed by atoms with Gasteiger partial charge in [-0.2, -0.15) is 0 Å². The Morgan fingerprint density at radius 3 is 2.29 bits per heavy atom. The highest BCUT2D eigenvalue weighted by Crippen LogP contribution is 2.18. The van der Waals surface area contributed by atoms with E-state index in [2.05, 4.69) is 5.32 Å². The van der Waals surface area contributed by atoms with E-state index < -0.39 is 6.04 Å². The molecule has 0 heterocycles. The van der Waals surface area contributed by atoms with Crippen molar-refractivity contribution in [3.8, 4) is 5.75 Å². The number of benzene rings is 2. The molecular weight excluding hydrogens is 412 g/mol. The molecule has 0 aliphatic rings. The quantitative estimate of drug-likeness (QED) is 0.557. The van der Waals surface area contributed by atoms with E-state index in [9.17, 15) is 9.59 Å². The predicted octanol–water partition coefficient (Wildman–Crippen LogP) is 5.06. The first-order valence-corrected chi connectivity index (χ1v) is 11.2. The molecule has 0 aliphatic heterocycles. The normalized spacial score (nSPS) is 12.7. The average Bonchev–Trinajstić information content (AvgIpc) is 2.75. The number of hydrogen-bond donors (Lipinski definition) is 1. The lowest BCUT2D eigenvalue weighted by Crippen LogP contribution is -2.51. The van der Waals surface area contributed by atoms with Crippen LogP contribution in [-0.2, 0) is 16.1 Å². The molecule has 0 saturated carbocycles. The molecular formula is C25H33ClN2O3. The van der Waals surface area contributed by atoms with Gasteiger partial charge in [-0.05, 0) is 74.6 Å². The number of rotatable bonds is 10. The predicted molar refractivity (Wildman–Crippen MR) is 125 cm³/mol. The fourth-order valence-electron chi connectivity index (χ4n) is 3.18. The van der Waals surface area contributed by atoms with Crippen LogP contribution in [-0.4, -0.2) is 35.4 Å². The lowest BCUT2D eigenvalue weighted by atomic mass is 10.1. The van der Waals surface area contributed by atoms with E-state index in [1.165, 1.54) is 0 Å². The highest BCUT2D eigenvalue weighted by atomic mass is 35.5. The van der Waals surface area contributed by atoms with Gasteiger partial charge in [0.25, 0.3) is 5.91 Å². The van der Waals surface area contributed by atoms with Crippen LogP contribution >= 0.6 is 11.6 Å². The van der Waals surface area contributed by atoms with Gasteiger partial charge in [-0.15, -0.1) is 0 Å². The van der Waals surface area contributed by atoms with Gasteiger partial charge in [-0.3, -0.25) is 9.59 Å². The zero-order valence-electron chi connectivity index (χ0n) is 19.1. The largest absolute Gasteiger partial charge is 0.484 e. The minimum Gasteiger partial charge on any atom is -0.484 e. The van der Waals surface area contributed by atoms with Crippen LogP contribution in [0.25, 0.3) is 0 Å². The highest BCUT2D eigenvalue weighted by Gasteiger charge is 2.29. The van der Waals surface area contributed by atoms with Crippen molar-refractivity contribution in [2.75, 3.05) is 6.61 Å². The number of ether oxygens (including phenoxy) is 1. The number of nitrogens with one attached hydrogen (secondary N) is 1. The van der Waals surface area contributed by atoms with E-state index in [4.69, 9.17) is 16.3 Å². The van der Waals surface area contributed by atoms with Crippen molar-refractivity contribution in [2.24, 2.45) is 0 Å². The topological polar surface area (TPSA) is 58.6 Å². The molecule has 0 aliphatic carbocycles. The molecule has 0 radical (unpaired) electrons. The lowest BCUT2D eigenvalue weighted by Gasteiger charge is -2.31. The molecule has 5 nitrogen and oxygen atoms in total. The van der Waals surface area contributed by atoms with Crippen LogP contribution in [0.1, 0.15) is 50.3 Å². The average molecular weight is 445 g/mol. The molecule has 0 unspecified atom stereocenters. The maximum Gasteiger partial charge on any atom is 0.261 e. The number of aryl methyl sites for hydroxylation is 2. The van der Waals surface area contributed by atoms with Crippen LogP contribution in [0.3, 0.4) is 0 Å². The molecule has 1 N–H and O–H groups in total. The first-order valence-electron chi connectivity index (χ1n) is 10.8. The molecule has 2 amide bonds. The van der Waals surface area contributed by atoms with Gasteiger partial charge in [0.05, 0.1) is 0 Å². The fraction of sp³-hybridized carbons (Fsp3) is 0.440. The third kappa shape index (κ3) is 7.28. The van der Waals surface area contributed by atoms with Gasteiger partial charge in [-0.25, -0.2) is 0 Å². The smallest absolute Gasteiger partial charge is 0.261 e. The van der Waals surface area contributed by atoms with Crippen LogP contribution < -0.4 is 10.1 Å². The van der Waals surface area contributed by atoms with Crippen molar-refractivity contribution in [1.82, 2.24) is 10.2 Å². The van der Waals surface area contributed by atoms with Gasteiger partial charge < -0.3 is 15.0 Å². The Morgan fingerprint density at radius 1 is 1.03 bits per heavy atom. The van der Waals surface area contributed by atoms with Gasteiger partial charge in [0, 0.05) is 17.6 Å². The maximum atomic E-state index is 13.2. The van der Waals surface area contributed by atoms with Gasteiger partial charge >= 0.3 is 0 Å². The second-order valence-corrected chi connectivity index (χ2v) is 8.36. The molecule has 31 heavy (non-hydrogen) atoms. The van der Waals surface area contributed by atoms with Crippen molar-refractivity contribution in [2.45, 2.75) is 66.1 Å². The Balaban J connectivity index is 2.21. The Morgan fingerprint density at radius 2 is 1.71 bits per heavy atom. The summed E-state index contributed by atoms with van der Waals surface area (Å²) in [6, 6.07) is 12.5. The van der Waals surface area contributed by atoms with E-state index in [1.807, 2.05) is 65.0 Å². The maximum absolute atomic E-state index is 13.2. The van der Waals surface area contributed by atoms with Crippen LogP contribution in [0, 0.1) is 13.8 Å². The van der Waals surface area contributed by atoms with Gasteiger partial charge in [-0.1, -0.05) is 43.6 Å². The third-order valence-electron chi connectivity index (χ3n) is 5.49. The summed E-state index contributed by atoms with van der Waals surface area (Å²) in [5, 5.41) is 3.63. The summed E-state index contributed by atoms with van der Waals surface area (Å²) in [6.07, 6.45) is 1.33. The van der Waals surface area contributed by atoms with Gasteiger partial charge in [0.2, 0.25) is 5.91 Å². The van der Waals surface area contributed by atoms with Crippen molar-refractivity contribution < 1.29 is 14.3 Å². The Hall–Kier alpha value is -2.53. The molecule has 0 spiro atoms. The van der Waals surface area contributed by atoms with Gasteiger partial charge in [0.1, 0.15) is 11.8 Å². The third-order valence-corrected chi connectivity index (χ3v) is 5.75. The van der Waals surface area contributed by atoms with Crippen molar-refractivity contribution in [3.05, 3.63) is 64.2 Å². The minimum atomic E-state index is -0.583. The van der Waals surface area contributed by atoms with Crippen LogP contribution in [0.15, 0.2) is 42.5 Å². The summed E-state index contributed by atoms with van der Waals surface area (Å²) in [5.41, 5.74) is 3.16. The van der Waals surface area contributed by atoms with E-state index in [1.54, 1.807) is 17.0 Å². The molecule has 0 bridgehead atoms. The Labute approximate surface area is 190 Å². The molecule has 0 aromatic heterocycles. The number of halogens is 1. The summed E-state index contributed by atoms with van der Waals surface area (Å²) in [5.74, 6) is 0.254. The summed E-state index contributed by atoms with van der Waals surface area (Å²) in [4.78, 5) is 27.7. The zero-order valence-corrected chi connectivity index (χ0v) is 19.8. The molecule has 2 rings (SSSR count). The molecule has 2 aromatic carbocycles. The number of amides is 2. The standard InChI is InChI=1S/C25H33ClN2O3/c1-6-19(5)27-25(30)23(7-2)28(15-20-9-11-21(26)12-10-20)24(29)16-31-22-13-8-17(3)18(4)14-22/h8-14,19,23H,6-7,15-16H2,1-5H3,(H,27,30)/t19-,23+/m1/s1. The van der Waals surface area contributed by atoms with E-state index in [-0.39, 0.29) is 24.5 Å². The Kier molecular flexibility index (Phi) is 9.38. The van der Waals surface area contributed by atoms with Crippen molar-refractivity contribution in [3.63, 3.8) is 0 Å². The van der Waals surface area contributed by atoms with E-state index in [0.717, 1.165) is 23.1 Å². The van der Waals surface area contributed by atoms with E-state index in [0.29, 0.717) is 23.7 Å².